The van der Waals surface area contributed by atoms with Gasteiger partial charge >= 0.3 is 0 Å². The van der Waals surface area contributed by atoms with Crippen LogP contribution < -0.4 is 15.8 Å². The molecule has 0 spiro atoms. The van der Waals surface area contributed by atoms with Gasteiger partial charge in [0.25, 0.3) is 0 Å². The topological polar surface area (TPSA) is 60.2 Å². The number of pyridine rings is 1. The van der Waals surface area contributed by atoms with Crippen molar-refractivity contribution in [3.05, 3.63) is 40.4 Å². The second kappa shape index (κ2) is 5.33. The predicted octanol–water partition coefficient (Wildman–Crippen LogP) is 3.72. The zero-order valence-corrected chi connectivity index (χ0v) is 11.1. The number of hydrogen-bond donors (Lipinski definition) is 2. The lowest BCUT2D eigenvalue weighted by Gasteiger charge is -2.12. The molecule has 4 nitrogen and oxygen atoms in total. The third-order valence-corrected chi connectivity index (χ3v) is 2.95. The number of rotatable bonds is 3. The van der Waals surface area contributed by atoms with Crippen molar-refractivity contribution in [3.63, 3.8) is 0 Å². The van der Waals surface area contributed by atoms with Crippen LogP contribution in [-0.2, 0) is 0 Å². The predicted molar refractivity (Wildman–Crippen MR) is 74.9 cm³/mol. The van der Waals surface area contributed by atoms with Crippen molar-refractivity contribution in [2.75, 3.05) is 18.2 Å². The Labute approximate surface area is 115 Å². The molecule has 0 aliphatic rings. The molecule has 0 fully saturated rings. The molecule has 0 atom stereocenters. The highest BCUT2D eigenvalue weighted by molar-refractivity contribution is 6.39. The van der Waals surface area contributed by atoms with Crippen LogP contribution in [0.4, 0.5) is 17.2 Å². The third kappa shape index (κ3) is 2.60. The lowest BCUT2D eigenvalue weighted by Crippen LogP contribution is -2.01. The van der Waals surface area contributed by atoms with Crippen molar-refractivity contribution in [2.45, 2.75) is 0 Å². The quantitative estimate of drug-likeness (QED) is 0.901. The second-order valence-electron chi connectivity index (χ2n) is 3.51. The van der Waals surface area contributed by atoms with Crippen molar-refractivity contribution in [2.24, 2.45) is 0 Å². The van der Waals surface area contributed by atoms with Gasteiger partial charge in [0, 0.05) is 6.07 Å². The van der Waals surface area contributed by atoms with E-state index in [0.29, 0.717) is 33.1 Å². The fourth-order valence-corrected chi connectivity index (χ4v) is 1.89. The standard InChI is InChI=1S/C12H11Cl2N3O/c1-18-10-6-5-9(15)12(16-10)17-11-7(13)3-2-4-8(11)14/h2-6H,15H2,1H3,(H,16,17). The lowest BCUT2D eigenvalue weighted by molar-refractivity contribution is 0.398. The lowest BCUT2D eigenvalue weighted by atomic mass is 10.3. The molecule has 1 aromatic heterocycles. The molecule has 1 aromatic carbocycles. The van der Waals surface area contributed by atoms with Gasteiger partial charge in [0.1, 0.15) is 0 Å². The first-order valence-corrected chi connectivity index (χ1v) is 5.89. The SMILES string of the molecule is COc1ccc(N)c(Nc2c(Cl)cccc2Cl)n1. The van der Waals surface area contributed by atoms with Crippen LogP contribution in [-0.4, -0.2) is 12.1 Å². The van der Waals surface area contributed by atoms with Crippen LogP contribution in [0.15, 0.2) is 30.3 Å². The Morgan fingerprint density at radius 1 is 1.17 bits per heavy atom. The summed E-state index contributed by atoms with van der Waals surface area (Å²) < 4.78 is 5.04. The summed E-state index contributed by atoms with van der Waals surface area (Å²) in [5.74, 6) is 0.902. The van der Waals surface area contributed by atoms with Gasteiger partial charge in [-0.25, -0.2) is 0 Å². The molecule has 0 aliphatic carbocycles. The molecular weight excluding hydrogens is 273 g/mol. The number of anilines is 3. The van der Waals surface area contributed by atoms with Gasteiger partial charge in [-0.1, -0.05) is 29.3 Å². The molecular formula is C12H11Cl2N3O. The smallest absolute Gasteiger partial charge is 0.215 e. The number of nitrogen functional groups attached to an aromatic ring is 1. The highest BCUT2D eigenvalue weighted by Crippen LogP contribution is 2.34. The van der Waals surface area contributed by atoms with Crippen molar-refractivity contribution in [1.29, 1.82) is 0 Å². The molecule has 3 N–H and O–H groups in total. The van der Waals surface area contributed by atoms with Crippen molar-refractivity contribution in [3.8, 4) is 5.88 Å². The van der Waals surface area contributed by atoms with Gasteiger partial charge in [-0.15, -0.1) is 0 Å². The Kier molecular flexibility index (Phi) is 3.79. The summed E-state index contributed by atoms with van der Waals surface area (Å²) >= 11 is 12.1. The molecule has 0 saturated heterocycles. The number of nitrogens with one attached hydrogen (secondary N) is 1. The summed E-state index contributed by atoms with van der Waals surface area (Å²) in [6.45, 7) is 0. The minimum Gasteiger partial charge on any atom is -0.481 e. The molecule has 2 aromatic rings. The van der Waals surface area contributed by atoms with Crippen LogP contribution in [0.25, 0.3) is 0 Å². The van der Waals surface area contributed by atoms with Gasteiger partial charge < -0.3 is 15.8 Å². The molecule has 0 amide bonds. The zero-order chi connectivity index (χ0) is 13.1. The molecule has 18 heavy (non-hydrogen) atoms. The summed E-state index contributed by atoms with van der Waals surface area (Å²) in [6.07, 6.45) is 0. The number of ether oxygens (including phenoxy) is 1. The van der Waals surface area contributed by atoms with Gasteiger partial charge in [-0.05, 0) is 18.2 Å². The first kappa shape index (κ1) is 12.8. The Balaban J connectivity index is 2.39. The van der Waals surface area contributed by atoms with E-state index in [0.717, 1.165) is 0 Å². The first-order chi connectivity index (χ1) is 8.61. The minimum atomic E-state index is 0.448. The summed E-state index contributed by atoms with van der Waals surface area (Å²) in [5.41, 5.74) is 6.87. The molecule has 0 aliphatic heterocycles. The van der Waals surface area contributed by atoms with E-state index in [1.165, 1.54) is 7.11 Å². The van der Waals surface area contributed by atoms with Crippen LogP contribution in [0.3, 0.4) is 0 Å². The van der Waals surface area contributed by atoms with Crippen molar-refractivity contribution in [1.82, 2.24) is 4.98 Å². The third-order valence-electron chi connectivity index (χ3n) is 2.32. The summed E-state index contributed by atoms with van der Waals surface area (Å²) in [6, 6.07) is 8.59. The van der Waals surface area contributed by atoms with E-state index in [2.05, 4.69) is 10.3 Å². The number of aromatic nitrogens is 1. The van der Waals surface area contributed by atoms with Crippen LogP contribution in [0.5, 0.6) is 5.88 Å². The number of hydrogen-bond acceptors (Lipinski definition) is 4. The Hall–Kier alpha value is -1.65. The molecule has 6 heteroatoms. The summed E-state index contributed by atoms with van der Waals surface area (Å²) in [7, 11) is 1.53. The number of methoxy groups -OCH3 is 1. The van der Waals surface area contributed by atoms with Gasteiger partial charge in [0.05, 0.1) is 28.5 Å². The minimum absolute atomic E-state index is 0.448. The fraction of sp³-hybridized carbons (Fsp3) is 0.0833. The van der Waals surface area contributed by atoms with E-state index < -0.39 is 0 Å². The zero-order valence-electron chi connectivity index (χ0n) is 9.58. The number of halogens is 2. The number of nitrogens with two attached hydrogens (primary N) is 1. The van der Waals surface area contributed by atoms with Gasteiger partial charge in [-0.3, -0.25) is 0 Å². The summed E-state index contributed by atoms with van der Waals surface area (Å²) in [5, 5.41) is 3.99. The van der Waals surface area contributed by atoms with Gasteiger partial charge in [0.15, 0.2) is 5.82 Å². The molecule has 2 rings (SSSR count). The maximum atomic E-state index is 6.06. The molecule has 0 unspecified atom stereocenters. The number of nitrogens with zero attached hydrogens (tertiary/aromatic N) is 1. The highest BCUT2D eigenvalue weighted by Gasteiger charge is 2.09. The van der Waals surface area contributed by atoms with E-state index in [9.17, 15) is 0 Å². The van der Waals surface area contributed by atoms with Crippen LogP contribution in [0, 0.1) is 0 Å². The van der Waals surface area contributed by atoms with Gasteiger partial charge in [-0.2, -0.15) is 4.98 Å². The van der Waals surface area contributed by atoms with Crippen LogP contribution in [0.2, 0.25) is 10.0 Å². The monoisotopic (exact) mass is 283 g/mol. The Bertz CT molecular complexity index is 555. The Morgan fingerprint density at radius 3 is 2.44 bits per heavy atom. The maximum absolute atomic E-state index is 6.06. The molecule has 0 radical (unpaired) electrons. The fourth-order valence-electron chi connectivity index (χ4n) is 1.40. The van der Waals surface area contributed by atoms with Crippen molar-refractivity contribution < 1.29 is 4.74 Å². The van der Waals surface area contributed by atoms with Crippen molar-refractivity contribution >= 4 is 40.4 Å². The number of benzene rings is 1. The van der Waals surface area contributed by atoms with Crippen LogP contribution >= 0.6 is 23.2 Å². The summed E-state index contributed by atoms with van der Waals surface area (Å²) in [4.78, 5) is 4.19. The first-order valence-electron chi connectivity index (χ1n) is 5.13. The number of para-hydroxylation sites is 1. The molecule has 0 saturated carbocycles. The molecule has 1 heterocycles. The average Bonchev–Trinajstić information content (AvgIpc) is 2.36. The molecule has 0 bridgehead atoms. The van der Waals surface area contributed by atoms with E-state index >= 15 is 0 Å². The molecule has 94 valence electrons. The highest BCUT2D eigenvalue weighted by atomic mass is 35.5. The van der Waals surface area contributed by atoms with E-state index in [1.54, 1.807) is 30.3 Å². The largest absolute Gasteiger partial charge is 0.481 e. The van der Waals surface area contributed by atoms with E-state index in [-0.39, 0.29) is 0 Å². The van der Waals surface area contributed by atoms with E-state index in [4.69, 9.17) is 33.7 Å². The normalized spacial score (nSPS) is 10.2. The van der Waals surface area contributed by atoms with Gasteiger partial charge in [0.2, 0.25) is 5.88 Å². The van der Waals surface area contributed by atoms with E-state index in [1.807, 2.05) is 0 Å². The average molecular weight is 284 g/mol. The van der Waals surface area contributed by atoms with Crippen LogP contribution in [0.1, 0.15) is 0 Å². The maximum Gasteiger partial charge on any atom is 0.215 e. The second-order valence-corrected chi connectivity index (χ2v) is 4.33. The Morgan fingerprint density at radius 2 is 1.83 bits per heavy atom.